The summed E-state index contributed by atoms with van der Waals surface area (Å²) in [6.45, 7) is 2.53. The van der Waals surface area contributed by atoms with Gasteiger partial charge in [-0.15, -0.1) is 0 Å². The molecule has 2 fully saturated rings. The van der Waals surface area contributed by atoms with E-state index >= 15 is 0 Å². The molecule has 2 heterocycles. The minimum atomic E-state index is -1.05. The maximum absolute atomic E-state index is 12.3. The Labute approximate surface area is 117 Å². The quantitative estimate of drug-likeness (QED) is 0.817. The van der Waals surface area contributed by atoms with Crippen LogP contribution in [0.2, 0.25) is 0 Å². The van der Waals surface area contributed by atoms with Gasteiger partial charge in [-0.1, -0.05) is 0 Å². The lowest BCUT2D eigenvalue weighted by atomic mass is 9.89. The van der Waals surface area contributed by atoms with Crippen molar-refractivity contribution in [2.45, 2.75) is 44.2 Å². The number of carbonyl (C=O) groups is 2. The molecule has 0 aromatic carbocycles. The van der Waals surface area contributed by atoms with Crippen LogP contribution in [0.4, 0.5) is 0 Å². The molecule has 2 saturated heterocycles. The minimum Gasteiger partial charge on any atom is -0.480 e. The van der Waals surface area contributed by atoms with E-state index in [0.717, 1.165) is 11.5 Å². The number of hydrogen-bond donors (Lipinski definition) is 2. The first-order chi connectivity index (χ1) is 9.03. The maximum atomic E-state index is 12.3. The first-order valence-corrected chi connectivity index (χ1v) is 7.94. The molecule has 0 saturated carbocycles. The fourth-order valence-corrected chi connectivity index (χ4v) is 3.88. The number of carboxylic acid groups (broad SMARTS) is 1. The molecule has 19 heavy (non-hydrogen) atoms. The zero-order chi connectivity index (χ0) is 13.9. The van der Waals surface area contributed by atoms with Crippen molar-refractivity contribution in [2.75, 3.05) is 18.1 Å². The molecular weight excluding hydrogens is 266 g/mol. The Kier molecular flexibility index (Phi) is 4.73. The number of hydrogen-bond acceptors (Lipinski definition) is 4. The zero-order valence-electron chi connectivity index (χ0n) is 11.2. The second-order valence-corrected chi connectivity index (χ2v) is 6.62. The van der Waals surface area contributed by atoms with Crippen molar-refractivity contribution in [1.29, 1.82) is 0 Å². The van der Waals surface area contributed by atoms with Crippen LogP contribution in [0.15, 0.2) is 0 Å². The van der Waals surface area contributed by atoms with Crippen molar-refractivity contribution in [3.63, 3.8) is 0 Å². The van der Waals surface area contributed by atoms with Crippen molar-refractivity contribution in [2.24, 2.45) is 5.92 Å². The summed E-state index contributed by atoms with van der Waals surface area (Å²) in [5.41, 5.74) is -1.05. The van der Waals surface area contributed by atoms with Gasteiger partial charge in [-0.25, -0.2) is 4.79 Å². The van der Waals surface area contributed by atoms with Crippen molar-refractivity contribution in [1.82, 2.24) is 5.32 Å². The van der Waals surface area contributed by atoms with Crippen LogP contribution in [0.1, 0.15) is 32.6 Å². The fourth-order valence-electron chi connectivity index (χ4n) is 2.69. The van der Waals surface area contributed by atoms with E-state index in [2.05, 4.69) is 5.32 Å². The van der Waals surface area contributed by atoms with Crippen molar-refractivity contribution < 1.29 is 19.4 Å². The molecule has 6 heteroatoms. The molecule has 2 N–H and O–H groups in total. The number of aliphatic carboxylic acids is 1. The minimum absolute atomic E-state index is 0.0761. The predicted molar refractivity (Wildman–Crippen MR) is 73.2 cm³/mol. The van der Waals surface area contributed by atoms with Gasteiger partial charge in [-0.05, 0) is 44.1 Å². The number of nitrogens with one attached hydrogen (secondary N) is 1. The molecule has 0 aromatic rings. The van der Waals surface area contributed by atoms with Crippen molar-refractivity contribution in [3.8, 4) is 0 Å². The SMILES string of the molecule is CC1CC(C(=O)NC2(C(=O)O)CCSCC2)CCO1. The van der Waals surface area contributed by atoms with Gasteiger partial charge in [-0.2, -0.15) is 11.8 Å². The van der Waals surface area contributed by atoms with Gasteiger partial charge in [0, 0.05) is 12.5 Å². The van der Waals surface area contributed by atoms with Gasteiger partial charge in [0.15, 0.2) is 0 Å². The molecule has 2 unspecified atom stereocenters. The third kappa shape index (κ3) is 3.42. The van der Waals surface area contributed by atoms with Crippen LogP contribution in [0.5, 0.6) is 0 Å². The highest BCUT2D eigenvalue weighted by Gasteiger charge is 2.42. The summed E-state index contributed by atoms with van der Waals surface area (Å²) >= 11 is 1.74. The number of rotatable bonds is 3. The van der Waals surface area contributed by atoms with E-state index in [1.54, 1.807) is 11.8 Å². The van der Waals surface area contributed by atoms with Crippen molar-refractivity contribution >= 4 is 23.6 Å². The summed E-state index contributed by atoms with van der Waals surface area (Å²) in [5.74, 6) is 0.438. The van der Waals surface area contributed by atoms with E-state index in [1.807, 2.05) is 6.92 Å². The maximum Gasteiger partial charge on any atom is 0.329 e. The van der Waals surface area contributed by atoms with Crippen LogP contribution in [0.25, 0.3) is 0 Å². The molecule has 0 radical (unpaired) electrons. The lowest BCUT2D eigenvalue weighted by Gasteiger charge is -2.36. The van der Waals surface area contributed by atoms with E-state index in [1.165, 1.54) is 0 Å². The standard InChI is InChI=1S/C13H21NO4S/c1-9-8-10(2-5-18-9)11(15)14-13(12(16)17)3-6-19-7-4-13/h9-10H,2-8H2,1H3,(H,14,15)(H,16,17). The fraction of sp³-hybridized carbons (Fsp3) is 0.846. The zero-order valence-corrected chi connectivity index (χ0v) is 12.0. The molecule has 0 aromatic heterocycles. The molecule has 108 valence electrons. The van der Waals surface area contributed by atoms with E-state index in [4.69, 9.17) is 4.74 Å². The van der Waals surface area contributed by atoms with Crippen LogP contribution < -0.4 is 5.32 Å². The molecule has 0 spiro atoms. The molecule has 2 rings (SSSR count). The number of thioether (sulfide) groups is 1. The Bertz CT molecular complexity index is 355. The summed E-state index contributed by atoms with van der Waals surface area (Å²) in [6.07, 6.45) is 2.46. The average molecular weight is 287 g/mol. The molecule has 5 nitrogen and oxygen atoms in total. The van der Waals surface area contributed by atoms with E-state index in [0.29, 0.717) is 32.3 Å². The molecule has 0 aliphatic carbocycles. The van der Waals surface area contributed by atoms with Crippen LogP contribution >= 0.6 is 11.8 Å². The molecule has 2 aliphatic rings. The Morgan fingerprint density at radius 3 is 2.63 bits per heavy atom. The van der Waals surface area contributed by atoms with Gasteiger partial charge in [0.2, 0.25) is 5.91 Å². The van der Waals surface area contributed by atoms with Gasteiger partial charge in [0.1, 0.15) is 5.54 Å². The summed E-state index contributed by atoms with van der Waals surface area (Å²) in [7, 11) is 0. The highest BCUT2D eigenvalue weighted by Crippen LogP contribution is 2.29. The van der Waals surface area contributed by atoms with Crippen molar-refractivity contribution in [3.05, 3.63) is 0 Å². The summed E-state index contributed by atoms with van der Waals surface area (Å²) in [5, 5.41) is 12.3. The predicted octanol–water partition coefficient (Wildman–Crippen LogP) is 1.27. The Morgan fingerprint density at radius 2 is 2.05 bits per heavy atom. The van der Waals surface area contributed by atoms with Gasteiger partial charge >= 0.3 is 5.97 Å². The largest absolute Gasteiger partial charge is 0.480 e. The van der Waals surface area contributed by atoms with Gasteiger partial charge in [0.25, 0.3) is 0 Å². The summed E-state index contributed by atoms with van der Waals surface area (Å²) in [4.78, 5) is 23.8. The number of ether oxygens (including phenoxy) is 1. The van der Waals surface area contributed by atoms with Gasteiger partial charge < -0.3 is 15.2 Å². The molecule has 1 amide bonds. The second kappa shape index (κ2) is 6.13. The highest BCUT2D eigenvalue weighted by atomic mass is 32.2. The molecule has 2 aliphatic heterocycles. The molecule has 0 bridgehead atoms. The molecular formula is C13H21NO4S. The number of carboxylic acids is 1. The third-order valence-electron chi connectivity index (χ3n) is 3.97. The monoisotopic (exact) mass is 287 g/mol. The van der Waals surface area contributed by atoms with E-state index in [9.17, 15) is 14.7 Å². The van der Waals surface area contributed by atoms with E-state index in [-0.39, 0.29) is 17.9 Å². The smallest absolute Gasteiger partial charge is 0.329 e. The topological polar surface area (TPSA) is 75.6 Å². The van der Waals surface area contributed by atoms with E-state index < -0.39 is 11.5 Å². The summed E-state index contributed by atoms with van der Waals surface area (Å²) in [6, 6.07) is 0. The first kappa shape index (κ1) is 14.7. The third-order valence-corrected chi connectivity index (χ3v) is 4.96. The Morgan fingerprint density at radius 1 is 1.37 bits per heavy atom. The number of carbonyl (C=O) groups excluding carboxylic acids is 1. The lowest BCUT2D eigenvalue weighted by molar-refractivity contribution is -0.149. The highest BCUT2D eigenvalue weighted by molar-refractivity contribution is 7.99. The molecule has 2 atom stereocenters. The normalized spacial score (nSPS) is 30.6. The second-order valence-electron chi connectivity index (χ2n) is 5.39. The first-order valence-electron chi connectivity index (χ1n) is 6.78. The van der Waals surface area contributed by atoms with Crippen LogP contribution in [-0.4, -0.2) is 46.7 Å². The van der Waals surface area contributed by atoms with Crippen LogP contribution in [0.3, 0.4) is 0 Å². The van der Waals surface area contributed by atoms with Gasteiger partial charge in [0.05, 0.1) is 6.10 Å². The summed E-state index contributed by atoms with van der Waals surface area (Å²) < 4.78 is 5.42. The Hall–Kier alpha value is -0.750. The van der Waals surface area contributed by atoms with Crippen LogP contribution in [0, 0.1) is 5.92 Å². The van der Waals surface area contributed by atoms with Crippen LogP contribution in [-0.2, 0) is 14.3 Å². The lowest BCUT2D eigenvalue weighted by Crippen LogP contribution is -2.58. The number of amides is 1. The average Bonchev–Trinajstić information content (AvgIpc) is 2.39. The Balaban J connectivity index is 2.00. The van der Waals surface area contributed by atoms with Gasteiger partial charge in [-0.3, -0.25) is 4.79 Å².